The number of allylic oxidation sites excluding steroid dienone is 5. The zero-order valence-electron chi connectivity index (χ0n) is 11.3. The van der Waals surface area contributed by atoms with E-state index in [2.05, 4.69) is 4.99 Å². The third kappa shape index (κ3) is 2.66. The zero-order chi connectivity index (χ0) is 14.8. The number of hydrogen-bond acceptors (Lipinski definition) is 5. The first-order chi connectivity index (χ1) is 10.2. The van der Waals surface area contributed by atoms with E-state index in [1.54, 1.807) is 24.4 Å². The Balaban J connectivity index is 1.89. The van der Waals surface area contributed by atoms with Crippen LogP contribution in [0.1, 0.15) is 15.3 Å². The van der Waals surface area contributed by atoms with Gasteiger partial charge in [0.1, 0.15) is 5.75 Å². The predicted octanol–water partition coefficient (Wildman–Crippen LogP) is 2.80. The second kappa shape index (κ2) is 5.63. The molecule has 1 heterocycles. The number of fused-ring (bicyclic) bond motifs is 1. The number of nitrogens with zero attached hydrogens (tertiary/aromatic N) is 1. The monoisotopic (exact) mass is 297 g/mol. The maximum atomic E-state index is 10.3. The Morgan fingerprint density at radius 3 is 3.05 bits per heavy atom. The number of hydrogen-bond donors (Lipinski definition) is 3. The van der Waals surface area contributed by atoms with Crippen molar-refractivity contribution in [2.45, 2.75) is 12.5 Å². The lowest BCUT2D eigenvalue weighted by atomic mass is 10.0. The Morgan fingerprint density at radius 1 is 1.33 bits per heavy atom. The van der Waals surface area contributed by atoms with E-state index in [0.717, 1.165) is 10.4 Å². The van der Waals surface area contributed by atoms with Crippen LogP contribution in [0.4, 0.5) is 0 Å². The fourth-order valence-corrected chi connectivity index (χ4v) is 3.21. The standard InChI is InChI=1S/C16H15N3OS/c17-11-6-4-7-12(15(11)18)19-9-14-16(20)10-5-2-1-3-8-13(10)21-14/h1-4,6-9,15,17,20H,5,18H2. The van der Waals surface area contributed by atoms with Crippen LogP contribution in [-0.2, 0) is 6.42 Å². The minimum absolute atomic E-state index is 0.283. The Morgan fingerprint density at radius 2 is 2.19 bits per heavy atom. The molecular formula is C16H15N3OS. The summed E-state index contributed by atoms with van der Waals surface area (Å²) in [5.74, 6) is 0.283. The van der Waals surface area contributed by atoms with Gasteiger partial charge in [-0.3, -0.25) is 4.99 Å². The molecule has 1 unspecified atom stereocenters. The van der Waals surface area contributed by atoms with Gasteiger partial charge in [0.05, 0.1) is 22.3 Å². The van der Waals surface area contributed by atoms with E-state index >= 15 is 0 Å². The highest BCUT2D eigenvalue weighted by Gasteiger charge is 2.17. The molecule has 0 radical (unpaired) electrons. The molecule has 0 saturated carbocycles. The van der Waals surface area contributed by atoms with Crippen molar-refractivity contribution in [2.75, 3.05) is 0 Å². The Labute approximate surface area is 126 Å². The van der Waals surface area contributed by atoms with Gasteiger partial charge in [0, 0.05) is 16.7 Å². The van der Waals surface area contributed by atoms with Gasteiger partial charge in [-0.1, -0.05) is 24.3 Å². The lowest BCUT2D eigenvalue weighted by molar-refractivity contribution is 0.472. The Hall–Kier alpha value is -2.24. The van der Waals surface area contributed by atoms with Gasteiger partial charge in [-0.2, -0.15) is 0 Å². The van der Waals surface area contributed by atoms with Gasteiger partial charge in [-0.25, -0.2) is 0 Å². The van der Waals surface area contributed by atoms with Crippen LogP contribution in [0.2, 0.25) is 0 Å². The lowest BCUT2D eigenvalue weighted by Gasteiger charge is -2.13. The molecule has 1 aromatic rings. The van der Waals surface area contributed by atoms with Crippen LogP contribution in [0.15, 0.2) is 47.1 Å². The van der Waals surface area contributed by atoms with Crippen molar-refractivity contribution in [3.8, 4) is 5.75 Å². The van der Waals surface area contributed by atoms with Gasteiger partial charge in [-0.15, -0.1) is 11.3 Å². The number of aromatic hydroxyl groups is 1. The highest BCUT2D eigenvalue weighted by Crippen LogP contribution is 2.36. The minimum atomic E-state index is -0.506. The van der Waals surface area contributed by atoms with Crippen LogP contribution >= 0.6 is 11.3 Å². The molecule has 2 aliphatic carbocycles. The molecule has 2 aliphatic rings. The van der Waals surface area contributed by atoms with Gasteiger partial charge in [-0.05, 0) is 24.6 Å². The van der Waals surface area contributed by atoms with E-state index in [9.17, 15) is 5.11 Å². The fraction of sp³-hybridized carbons (Fsp3) is 0.125. The highest BCUT2D eigenvalue weighted by atomic mass is 32.1. The molecule has 1 aromatic heterocycles. The Kier molecular flexibility index (Phi) is 3.68. The number of nitrogens with one attached hydrogen (secondary N) is 1. The third-order valence-corrected chi connectivity index (χ3v) is 4.50. The molecule has 0 bridgehead atoms. The maximum Gasteiger partial charge on any atom is 0.139 e. The van der Waals surface area contributed by atoms with E-state index in [1.165, 1.54) is 11.3 Å². The van der Waals surface area contributed by atoms with Gasteiger partial charge in [0.2, 0.25) is 0 Å². The number of aliphatic imine (C=N–C) groups is 1. The van der Waals surface area contributed by atoms with E-state index in [1.807, 2.05) is 24.3 Å². The van der Waals surface area contributed by atoms with Crippen molar-refractivity contribution in [3.63, 3.8) is 0 Å². The van der Waals surface area contributed by atoms with E-state index in [0.29, 0.717) is 22.7 Å². The molecule has 0 aromatic carbocycles. The summed E-state index contributed by atoms with van der Waals surface area (Å²) in [5, 5.41) is 18.0. The summed E-state index contributed by atoms with van der Waals surface area (Å²) in [6, 6.07) is -0.506. The summed E-state index contributed by atoms with van der Waals surface area (Å²) in [5.41, 5.74) is 7.80. The summed E-state index contributed by atoms with van der Waals surface area (Å²) in [4.78, 5) is 6.11. The number of thiophene rings is 1. The third-order valence-electron chi connectivity index (χ3n) is 3.38. The molecule has 0 aliphatic heterocycles. The van der Waals surface area contributed by atoms with Crippen LogP contribution < -0.4 is 5.73 Å². The summed E-state index contributed by atoms with van der Waals surface area (Å²) < 4.78 is 0. The van der Waals surface area contributed by atoms with Gasteiger partial charge >= 0.3 is 0 Å². The fourth-order valence-electron chi connectivity index (χ4n) is 2.19. The average Bonchev–Trinajstić information content (AvgIpc) is 2.66. The molecule has 106 valence electrons. The summed E-state index contributed by atoms with van der Waals surface area (Å²) in [7, 11) is 0. The van der Waals surface area contributed by atoms with Gasteiger partial charge in [0.15, 0.2) is 0 Å². The van der Waals surface area contributed by atoms with Crippen molar-refractivity contribution < 1.29 is 5.11 Å². The summed E-state index contributed by atoms with van der Waals surface area (Å²) in [6.45, 7) is 0. The molecule has 4 N–H and O–H groups in total. The second-order valence-electron chi connectivity index (χ2n) is 4.79. The molecule has 0 amide bonds. The van der Waals surface area contributed by atoms with Crippen LogP contribution in [0.5, 0.6) is 5.75 Å². The van der Waals surface area contributed by atoms with Crippen molar-refractivity contribution in [2.24, 2.45) is 10.7 Å². The van der Waals surface area contributed by atoms with Crippen LogP contribution in [0, 0.1) is 5.41 Å². The molecule has 0 fully saturated rings. The lowest BCUT2D eigenvalue weighted by Crippen LogP contribution is -2.31. The molecule has 21 heavy (non-hydrogen) atoms. The topological polar surface area (TPSA) is 82.5 Å². The number of nitrogens with two attached hydrogens (primary N) is 1. The second-order valence-corrected chi connectivity index (χ2v) is 5.87. The molecular weight excluding hydrogens is 282 g/mol. The molecule has 4 nitrogen and oxygen atoms in total. The van der Waals surface area contributed by atoms with Crippen LogP contribution in [0.25, 0.3) is 6.08 Å². The first-order valence-corrected chi connectivity index (χ1v) is 7.42. The zero-order valence-corrected chi connectivity index (χ0v) is 12.1. The van der Waals surface area contributed by atoms with Gasteiger partial charge in [0.25, 0.3) is 0 Å². The van der Waals surface area contributed by atoms with Gasteiger partial charge < -0.3 is 16.2 Å². The van der Waals surface area contributed by atoms with Crippen molar-refractivity contribution in [3.05, 3.63) is 57.5 Å². The van der Waals surface area contributed by atoms with Crippen molar-refractivity contribution in [1.29, 1.82) is 5.41 Å². The molecule has 5 heteroatoms. The molecule has 0 saturated heterocycles. The normalized spacial score (nSPS) is 20.7. The molecule has 0 spiro atoms. The van der Waals surface area contributed by atoms with E-state index < -0.39 is 6.04 Å². The van der Waals surface area contributed by atoms with Crippen LogP contribution in [0.3, 0.4) is 0 Å². The summed E-state index contributed by atoms with van der Waals surface area (Å²) in [6.07, 6.45) is 15.5. The quantitative estimate of drug-likeness (QED) is 0.734. The number of rotatable bonds is 2. The molecule has 1 atom stereocenters. The molecule has 3 rings (SSSR count). The van der Waals surface area contributed by atoms with Crippen molar-refractivity contribution in [1.82, 2.24) is 0 Å². The van der Waals surface area contributed by atoms with Crippen molar-refractivity contribution >= 4 is 29.3 Å². The summed E-state index contributed by atoms with van der Waals surface area (Å²) >= 11 is 1.50. The largest absolute Gasteiger partial charge is 0.506 e. The SMILES string of the molecule is N=C1C=CC=C(N=Cc2sc3c(c2O)CC=CC=C3)C1N. The first kappa shape index (κ1) is 13.7. The predicted molar refractivity (Wildman–Crippen MR) is 88.4 cm³/mol. The first-order valence-electron chi connectivity index (χ1n) is 6.61. The minimum Gasteiger partial charge on any atom is -0.506 e. The maximum absolute atomic E-state index is 10.3. The van der Waals surface area contributed by atoms with E-state index in [4.69, 9.17) is 11.1 Å². The Bertz CT molecular complexity index is 735. The van der Waals surface area contributed by atoms with E-state index in [-0.39, 0.29) is 5.75 Å². The average molecular weight is 297 g/mol. The van der Waals surface area contributed by atoms with Crippen LogP contribution in [-0.4, -0.2) is 23.1 Å². The smallest absolute Gasteiger partial charge is 0.139 e. The highest BCUT2D eigenvalue weighted by molar-refractivity contribution is 7.15.